The molecule has 0 bridgehead atoms. The predicted molar refractivity (Wildman–Crippen MR) is 74.9 cm³/mol. The number of rotatable bonds is 4. The van der Waals surface area contributed by atoms with Crippen LogP contribution < -0.4 is 9.64 Å². The third kappa shape index (κ3) is 3.14. The van der Waals surface area contributed by atoms with Gasteiger partial charge in [-0.05, 0) is 30.5 Å². The molecule has 0 saturated heterocycles. The molecule has 0 radical (unpaired) electrons. The van der Waals surface area contributed by atoms with E-state index in [1.165, 1.54) is 11.0 Å². The normalized spacial score (nSPS) is 10.7. The summed E-state index contributed by atoms with van der Waals surface area (Å²) in [6, 6.07) is 8.73. The Morgan fingerprint density at radius 2 is 1.90 bits per heavy atom. The zero-order valence-corrected chi connectivity index (χ0v) is 11.8. The Hall–Kier alpha value is -1.95. The van der Waals surface area contributed by atoms with Crippen LogP contribution in [0.3, 0.4) is 0 Å². The molecule has 20 heavy (non-hydrogen) atoms. The maximum absolute atomic E-state index is 12.3. The molecule has 106 valence electrons. The summed E-state index contributed by atoms with van der Waals surface area (Å²) < 4.78 is 28.9. The molecule has 2 aromatic rings. The topological polar surface area (TPSA) is 29.5 Å². The summed E-state index contributed by atoms with van der Waals surface area (Å²) in [6.07, 6.45) is 0. The van der Waals surface area contributed by atoms with Gasteiger partial charge < -0.3 is 9.64 Å². The highest BCUT2D eigenvalue weighted by Gasteiger charge is 2.21. The molecule has 0 aliphatic heterocycles. The lowest BCUT2D eigenvalue weighted by molar-refractivity contribution is -0.0498. The van der Waals surface area contributed by atoms with Crippen LogP contribution in [0.15, 0.2) is 35.7 Å². The van der Waals surface area contributed by atoms with Crippen molar-refractivity contribution in [3.63, 3.8) is 0 Å². The van der Waals surface area contributed by atoms with E-state index in [9.17, 15) is 13.6 Å². The van der Waals surface area contributed by atoms with Crippen molar-refractivity contribution in [1.29, 1.82) is 0 Å². The van der Waals surface area contributed by atoms with E-state index in [1.807, 2.05) is 19.1 Å². The third-order valence-corrected chi connectivity index (χ3v) is 3.65. The summed E-state index contributed by atoms with van der Waals surface area (Å²) in [4.78, 5) is 13.9. The zero-order valence-electron chi connectivity index (χ0n) is 11.0. The number of hydrogen-bond acceptors (Lipinski definition) is 3. The minimum Gasteiger partial charge on any atom is -0.433 e. The molecule has 0 saturated carbocycles. The number of anilines is 1. The van der Waals surface area contributed by atoms with Gasteiger partial charge in [-0.2, -0.15) is 8.78 Å². The highest BCUT2D eigenvalue weighted by Crippen LogP contribution is 2.29. The van der Waals surface area contributed by atoms with Gasteiger partial charge in [-0.15, -0.1) is 11.3 Å². The first kappa shape index (κ1) is 14.5. The summed E-state index contributed by atoms with van der Waals surface area (Å²) in [5.74, 6) is -0.464. The first-order valence-electron chi connectivity index (χ1n) is 5.86. The average molecular weight is 297 g/mol. The van der Waals surface area contributed by atoms with Crippen LogP contribution in [0.4, 0.5) is 14.5 Å². The maximum Gasteiger partial charge on any atom is 0.387 e. The van der Waals surface area contributed by atoms with Crippen LogP contribution >= 0.6 is 11.3 Å². The van der Waals surface area contributed by atoms with E-state index in [-0.39, 0.29) is 16.5 Å². The Morgan fingerprint density at radius 1 is 1.25 bits per heavy atom. The van der Waals surface area contributed by atoms with Crippen molar-refractivity contribution in [2.45, 2.75) is 13.5 Å². The summed E-state index contributed by atoms with van der Waals surface area (Å²) >= 11 is 1.08. The Morgan fingerprint density at radius 3 is 2.50 bits per heavy atom. The number of alkyl halides is 2. The summed E-state index contributed by atoms with van der Waals surface area (Å²) in [5.41, 5.74) is 1.77. The van der Waals surface area contributed by atoms with E-state index < -0.39 is 6.61 Å². The molecule has 1 amide bonds. The van der Waals surface area contributed by atoms with Gasteiger partial charge in [0.25, 0.3) is 5.91 Å². The Balaban J connectivity index is 2.22. The van der Waals surface area contributed by atoms with Crippen LogP contribution in [0.1, 0.15) is 15.2 Å². The number of aryl methyl sites for hydroxylation is 1. The largest absolute Gasteiger partial charge is 0.433 e. The van der Waals surface area contributed by atoms with Gasteiger partial charge in [-0.3, -0.25) is 4.79 Å². The fraction of sp³-hybridized carbons (Fsp3) is 0.214. The molecule has 1 heterocycles. The molecule has 6 heteroatoms. The molecule has 0 spiro atoms. The van der Waals surface area contributed by atoms with E-state index in [4.69, 9.17) is 0 Å². The van der Waals surface area contributed by atoms with Gasteiger partial charge in [0.05, 0.1) is 0 Å². The number of hydrogen-bond donors (Lipinski definition) is 0. The lowest BCUT2D eigenvalue weighted by atomic mass is 10.2. The van der Waals surface area contributed by atoms with Crippen LogP contribution in [-0.4, -0.2) is 19.6 Å². The fourth-order valence-corrected chi connectivity index (χ4v) is 2.48. The summed E-state index contributed by atoms with van der Waals surface area (Å²) in [6.45, 7) is -1.000. The van der Waals surface area contributed by atoms with Crippen LogP contribution in [0.2, 0.25) is 0 Å². The number of amides is 1. The van der Waals surface area contributed by atoms with Gasteiger partial charge in [-0.1, -0.05) is 17.7 Å². The number of ether oxygens (including phenoxy) is 1. The fourth-order valence-electron chi connectivity index (χ4n) is 1.68. The number of halogens is 2. The second-order valence-electron chi connectivity index (χ2n) is 4.19. The van der Waals surface area contributed by atoms with Crippen molar-refractivity contribution >= 4 is 22.9 Å². The highest BCUT2D eigenvalue weighted by atomic mass is 32.1. The minimum atomic E-state index is -2.94. The van der Waals surface area contributed by atoms with Crippen LogP contribution in [-0.2, 0) is 0 Å². The number of thiophene rings is 1. The second kappa shape index (κ2) is 6.00. The smallest absolute Gasteiger partial charge is 0.387 e. The van der Waals surface area contributed by atoms with Gasteiger partial charge in [0, 0.05) is 12.7 Å². The van der Waals surface area contributed by atoms with Crippen LogP contribution in [0.5, 0.6) is 5.75 Å². The highest BCUT2D eigenvalue weighted by molar-refractivity contribution is 7.12. The van der Waals surface area contributed by atoms with Crippen LogP contribution in [0, 0.1) is 6.92 Å². The molecule has 1 aromatic carbocycles. The molecule has 3 nitrogen and oxygen atoms in total. The molecule has 0 fully saturated rings. The number of benzene rings is 1. The molecular formula is C14H13F2NO2S. The Labute approximate surface area is 119 Å². The lowest BCUT2D eigenvalue weighted by Crippen LogP contribution is -2.26. The van der Waals surface area contributed by atoms with E-state index in [0.717, 1.165) is 16.9 Å². The SMILES string of the molecule is Cc1ccc(N(C)C(=O)c2sccc2OC(F)F)cc1. The van der Waals surface area contributed by atoms with Crippen molar-refractivity contribution in [1.82, 2.24) is 0 Å². The molecule has 2 rings (SSSR count). The summed E-state index contributed by atoms with van der Waals surface area (Å²) in [5, 5.41) is 1.55. The second-order valence-corrected chi connectivity index (χ2v) is 5.11. The van der Waals surface area contributed by atoms with Crippen molar-refractivity contribution in [2.24, 2.45) is 0 Å². The van der Waals surface area contributed by atoms with E-state index in [1.54, 1.807) is 24.6 Å². The first-order chi connectivity index (χ1) is 9.49. The van der Waals surface area contributed by atoms with E-state index >= 15 is 0 Å². The molecule has 1 aromatic heterocycles. The lowest BCUT2D eigenvalue weighted by Gasteiger charge is -2.17. The number of carbonyl (C=O) groups excluding carboxylic acids is 1. The van der Waals surface area contributed by atoms with Crippen molar-refractivity contribution in [3.8, 4) is 5.75 Å². The maximum atomic E-state index is 12.3. The molecule has 0 aliphatic rings. The zero-order chi connectivity index (χ0) is 14.7. The van der Waals surface area contributed by atoms with Gasteiger partial charge in [0.1, 0.15) is 10.6 Å². The van der Waals surface area contributed by atoms with Crippen molar-refractivity contribution in [3.05, 3.63) is 46.2 Å². The number of nitrogens with zero attached hydrogens (tertiary/aromatic N) is 1. The Kier molecular flexibility index (Phi) is 4.34. The third-order valence-electron chi connectivity index (χ3n) is 2.77. The molecule has 0 N–H and O–H groups in total. The molecule has 0 aliphatic carbocycles. The number of carbonyl (C=O) groups is 1. The monoisotopic (exact) mass is 297 g/mol. The average Bonchev–Trinajstić information content (AvgIpc) is 2.85. The molecular weight excluding hydrogens is 284 g/mol. The Bertz CT molecular complexity index is 595. The van der Waals surface area contributed by atoms with Gasteiger partial charge in [0.2, 0.25) is 0 Å². The van der Waals surface area contributed by atoms with Gasteiger partial charge in [-0.25, -0.2) is 0 Å². The first-order valence-corrected chi connectivity index (χ1v) is 6.74. The van der Waals surface area contributed by atoms with Crippen LogP contribution in [0.25, 0.3) is 0 Å². The van der Waals surface area contributed by atoms with Gasteiger partial charge in [0.15, 0.2) is 0 Å². The molecule has 0 atom stereocenters. The molecule has 0 unspecified atom stereocenters. The van der Waals surface area contributed by atoms with Crippen molar-refractivity contribution < 1.29 is 18.3 Å². The quantitative estimate of drug-likeness (QED) is 0.855. The van der Waals surface area contributed by atoms with Gasteiger partial charge >= 0.3 is 6.61 Å². The standard InChI is InChI=1S/C14H13F2NO2S/c1-9-3-5-10(6-4-9)17(2)13(18)12-11(7-8-20-12)19-14(15)16/h3-8,14H,1-2H3. The van der Waals surface area contributed by atoms with E-state index in [0.29, 0.717) is 5.69 Å². The minimum absolute atomic E-state index is 0.0889. The van der Waals surface area contributed by atoms with Crippen molar-refractivity contribution in [2.75, 3.05) is 11.9 Å². The summed E-state index contributed by atoms with van der Waals surface area (Å²) in [7, 11) is 1.60. The predicted octanol–water partition coefficient (Wildman–Crippen LogP) is 3.93. The van der Waals surface area contributed by atoms with E-state index in [2.05, 4.69) is 4.74 Å².